The molecule has 2 fully saturated rings. The first-order chi connectivity index (χ1) is 20.5. The van der Waals surface area contributed by atoms with Crippen molar-refractivity contribution in [2.45, 2.75) is 77.4 Å². The fraction of sp³-hybridized carbons (Fsp3) is 0.645. The quantitative estimate of drug-likeness (QED) is 0.452. The normalized spacial score (nSPS) is 23.3. The summed E-state index contributed by atoms with van der Waals surface area (Å²) in [6.07, 6.45) is 10.6. The molecular weight excluding hydrogens is 569 g/mol. The van der Waals surface area contributed by atoms with Gasteiger partial charge in [-0.2, -0.15) is 0 Å². The molecule has 0 bridgehead atoms. The van der Waals surface area contributed by atoms with E-state index in [1.54, 1.807) is 23.5 Å². The van der Waals surface area contributed by atoms with E-state index in [2.05, 4.69) is 24.4 Å². The Balaban J connectivity index is 1.31. The van der Waals surface area contributed by atoms with Gasteiger partial charge in [-0.25, -0.2) is 27.5 Å². The largest absolute Gasteiger partial charge is 0.349 e. The Morgan fingerprint density at radius 3 is 2.58 bits per heavy atom. The van der Waals surface area contributed by atoms with Crippen molar-refractivity contribution in [3.63, 3.8) is 0 Å². The highest BCUT2D eigenvalue weighted by Gasteiger charge is 2.35. The summed E-state index contributed by atoms with van der Waals surface area (Å²) < 4.78 is 40.5. The van der Waals surface area contributed by atoms with Gasteiger partial charge in [0.05, 0.1) is 23.7 Å². The molecule has 12 heteroatoms. The average molecular weight is 616 g/mol. The fourth-order valence-corrected chi connectivity index (χ4v) is 8.00. The molecule has 1 aromatic carbocycles. The molecule has 0 spiro atoms. The third-order valence-electron chi connectivity index (χ3n) is 9.17. The van der Waals surface area contributed by atoms with E-state index < -0.39 is 15.8 Å². The molecule has 2 aromatic rings. The summed E-state index contributed by atoms with van der Waals surface area (Å²) in [6.45, 7) is 10.8. The van der Waals surface area contributed by atoms with Crippen molar-refractivity contribution in [2.75, 3.05) is 55.3 Å². The van der Waals surface area contributed by atoms with E-state index in [1.165, 1.54) is 18.4 Å². The lowest BCUT2D eigenvalue weighted by molar-refractivity contribution is 0.0717. The van der Waals surface area contributed by atoms with E-state index in [0.717, 1.165) is 76.2 Å². The Morgan fingerprint density at radius 1 is 1.12 bits per heavy atom. The Morgan fingerprint density at radius 2 is 1.88 bits per heavy atom. The Bertz CT molecular complexity index is 1380. The van der Waals surface area contributed by atoms with Crippen LogP contribution in [0.1, 0.15) is 69.7 Å². The van der Waals surface area contributed by atoms with Gasteiger partial charge in [0.15, 0.2) is 5.82 Å². The predicted molar refractivity (Wildman–Crippen MR) is 168 cm³/mol. The lowest BCUT2D eigenvalue weighted by Gasteiger charge is -2.45. The third kappa shape index (κ3) is 7.46. The van der Waals surface area contributed by atoms with Crippen molar-refractivity contribution in [1.29, 1.82) is 0 Å². The van der Waals surface area contributed by atoms with E-state index in [-0.39, 0.29) is 18.0 Å². The third-order valence-corrected chi connectivity index (χ3v) is 9.93. The molecule has 43 heavy (non-hydrogen) atoms. The summed E-state index contributed by atoms with van der Waals surface area (Å²) in [5.41, 5.74) is 1.85. The molecule has 10 nitrogen and oxygen atoms in total. The van der Waals surface area contributed by atoms with Crippen LogP contribution < -0.4 is 14.5 Å². The zero-order chi connectivity index (χ0) is 30.7. The van der Waals surface area contributed by atoms with Gasteiger partial charge in [-0.3, -0.25) is 4.79 Å². The number of rotatable bonds is 9. The smallest absolute Gasteiger partial charge is 0.256 e. The van der Waals surface area contributed by atoms with Crippen LogP contribution >= 0.6 is 0 Å². The molecule has 1 N–H and O–H groups in total. The van der Waals surface area contributed by atoms with Gasteiger partial charge in [-0.05, 0) is 90.0 Å². The molecule has 236 valence electrons. The highest BCUT2D eigenvalue weighted by molar-refractivity contribution is 7.88. The van der Waals surface area contributed by atoms with Crippen molar-refractivity contribution >= 4 is 33.1 Å². The SMILES string of the molecule is CCN(C(=O)c1cc(F)ccc1N1CCN(C2CCCN(CC3CCC(NS(C)(=O)=O)CC3)C2)c2ncncc21)C(C)C. The fourth-order valence-electron chi connectivity index (χ4n) is 7.16. The second-order valence-electron chi connectivity index (χ2n) is 12.6. The maximum Gasteiger partial charge on any atom is 0.256 e. The topological polar surface area (TPSA) is 102 Å². The van der Waals surface area contributed by atoms with Gasteiger partial charge < -0.3 is 19.6 Å². The van der Waals surface area contributed by atoms with Crippen LogP contribution in [0.5, 0.6) is 0 Å². The molecule has 1 aromatic heterocycles. The van der Waals surface area contributed by atoms with E-state index in [0.29, 0.717) is 36.3 Å². The van der Waals surface area contributed by atoms with Crippen molar-refractivity contribution < 1.29 is 17.6 Å². The number of benzene rings is 1. The molecule has 2 aliphatic heterocycles. The first kappa shape index (κ1) is 31.6. The van der Waals surface area contributed by atoms with Crippen molar-refractivity contribution in [3.05, 3.63) is 42.1 Å². The second-order valence-corrected chi connectivity index (χ2v) is 14.4. The minimum absolute atomic E-state index is 0.00507. The standard InChI is InChI=1S/C31H46FN7O3S/c1-5-37(22(2)3)31(40)27-17-24(32)10-13-28(27)39-16-15-38(30-29(39)18-33-21-34-30)26-7-6-14-36(20-26)19-23-8-11-25(12-9-23)35-43(4,41)42/h10,13,17-18,21-23,25-26,35H,5-9,11-12,14-16,19-20H2,1-4H3. The molecule has 3 aliphatic rings. The van der Waals surface area contributed by atoms with Crippen molar-refractivity contribution in [3.8, 4) is 0 Å². The molecule has 1 atom stereocenters. The first-order valence-corrected chi connectivity index (χ1v) is 17.6. The number of piperidine rings is 1. The lowest BCUT2D eigenvalue weighted by atomic mass is 9.85. The van der Waals surface area contributed by atoms with Crippen LogP contribution in [0.25, 0.3) is 0 Å². The summed E-state index contributed by atoms with van der Waals surface area (Å²) in [4.78, 5) is 31.4. The second kappa shape index (κ2) is 13.4. The van der Waals surface area contributed by atoms with Gasteiger partial charge in [0.25, 0.3) is 5.91 Å². The molecule has 1 aliphatic carbocycles. The molecule has 1 saturated heterocycles. The molecular formula is C31H46FN7O3S. The summed E-state index contributed by atoms with van der Waals surface area (Å²) in [5, 5.41) is 0. The number of halogens is 1. The number of sulfonamides is 1. The van der Waals surface area contributed by atoms with Gasteiger partial charge in [0, 0.05) is 50.8 Å². The molecule has 1 saturated carbocycles. The summed E-state index contributed by atoms with van der Waals surface area (Å²) in [7, 11) is -3.17. The van der Waals surface area contributed by atoms with Crippen LogP contribution in [-0.4, -0.2) is 97.7 Å². The highest BCUT2D eigenvalue weighted by Crippen LogP contribution is 2.39. The van der Waals surface area contributed by atoms with E-state index in [9.17, 15) is 17.6 Å². The summed E-state index contributed by atoms with van der Waals surface area (Å²) >= 11 is 0. The number of nitrogens with zero attached hydrogens (tertiary/aromatic N) is 6. The van der Waals surface area contributed by atoms with Crippen LogP contribution in [0.3, 0.4) is 0 Å². The highest BCUT2D eigenvalue weighted by atomic mass is 32.2. The van der Waals surface area contributed by atoms with Crippen LogP contribution in [0.15, 0.2) is 30.7 Å². The number of hydrogen-bond donors (Lipinski definition) is 1. The van der Waals surface area contributed by atoms with Gasteiger partial charge in [0.1, 0.15) is 17.8 Å². The molecule has 3 heterocycles. The molecule has 0 radical (unpaired) electrons. The summed E-state index contributed by atoms with van der Waals surface area (Å²) in [6, 6.07) is 4.82. The monoisotopic (exact) mass is 615 g/mol. The van der Waals surface area contributed by atoms with Gasteiger partial charge in [-0.1, -0.05) is 0 Å². The predicted octanol–water partition coefficient (Wildman–Crippen LogP) is 4.02. The van der Waals surface area contributed by atoms with Crippen LogP contribution in [0.4, 0.5) is 21.6 Å². The number of anilines is 3. The van der Waals surface area contributed by atoms with E-state index in [4.69, 9.17) is 4.98 Å². The van der Waals surface area contributed by atoms with Gasteiger partial charge in [-0.15, -0.1) is 0 Å². The number of amides is 1. The number of hydrogen-bond acceptors (Lipinski definition) is 8. The number of aromatic nitrogens is 2. The zero-order valence-electron chi connectivity index (χ0n) is 25.9. The minimum Gasteiger partial charge on any atom is -0.349 e. The number of likely N-dealkylation sites (tertiary alicyclic amines) is 1. The van der Waals surface area contributed by atoms with Crippen molar-refractivity contribution in [1.82, 2.24) is 24.5 Å². The molecule has 1 amide bonds. The number of carbonyl (C=O) groups excluding carboxylic acids is 1. The Kier molecular flexibility index (Phi) is 9.87. The van der Waals surface area contributed by atoms with Crippen LogP contribution in [-0.2, 0) is 10.0 Å². The first-order valence-electron chi connectivity index (χ1n) is 15.7. The maximum absolute atomic E-state index is 14.5. The number of nitrogens with one attached hydrogen (secondary N) is 1. The van der Waals surface area contributed by atoms with E-state index in [1.807, 2.05) is 20.8 Å². The number of carbonyl (C=O) groups is 1. The zero-order valence-corrected chi connectivity index (χ0v) is 26.7. The minimum atomic E-state index is -3.17. The Labute approximate surface area is 255 Å². The maximum atomic E-state index is 14.5. The van der Waals surface area contributed by atoms with E-state index >= 15 is 0 Å². The van der Waals surface area contributed by atoms with Gasteiger partial charge >= 0.3 is 0 Å². The summed E-state index contributed by atoms with van der Waals surface area (Å²) in [5.74, 6) is 0.805. The van der Waals surface area contributed by atoms with Crippen molar-refractivity contribution in [2.24, 2.45) is 5.92 Å². The van der Waals surface area contributed by atoms with Gasteiger partial charge in [0.2, 0.25) is 10.0 Å². The molecule has 1 unspecified atom stereocenters. The molecule has 5 rings (SSSR count). The van der Waals surface area contributed by atoms with Crippen LogP contribution in [0, 0.1) is 11.7 Å². The lowest BCUT2D eigenvalue weighted by Crippen LogP contribution is -2.53. The Hall–Kier alpha value is -2.83. The average Bonchev–Trinajstić information content (AvgIpc) is 2.97. The van der Waals surface area contributed by atoms with Crippen LogP contribution in [0.2, 0.25) is 0 Å². The number of fused-ring (bicyclic) bond motifs is 1.